The number of carbonyl (C=O) groups is 2. The van der Waals surface area contributed by atoms with Gasteiger partial charge in [-0.3, -0.25) is 9.59 Å². The molecule has 282 valence electrons. The highest BCUT2D eigenvalue weighted by atomic mass is 16.5. The van der Waals surface area contributed by atoms with E-state index in [-0.39, 0.29) is 25.2 Å². The summed E-state index contributed by atoms with van der Waals surface area (Å²) in [6.07, 6.45) is 20.8. The number of unbranched alkanes of at least 4 members (excludes halogenated alkanes) is 12. The van der Waals surface area contributed by atoms with Crippen molar-refractivity contribution in [1.82, 2.24) is 9.80 Å². The van der Waals surface area contributed by atoms with E-state index < -0.39 is 0 Å². The van der Waals surface area contributed by atoms with Crippen LogP contribution in [0.25, 0.3) is 11.1 Å². The second kappa shape index (κ2) is 28.9. The average Bonchev–Trinajstić information content (AvgIpc) is 3.14. The van der Waals surface area contributed by atoms with Crippen molar-refractivity contribution >= 4 is 11.9 Å². The maximum atomic E-state index is 12.7. The lowest BCUT2D eigenvalue weighted by Crippen LogP contribution is -2.29. The fourth-order valence-corrected chi connectivity index (χ4v) is 6.37. The SMILES string of the molecule is CCCCCCCN(CCCCC)CCC(=O)OCc1cccc(-c2cccc(COC(=O)CCN(CCCCC)CCCCCCC)c2)c1. The van der Waals surface area contributed by atoms with E-state index in [1.54, 1.807) is 0 Å². The molecule has 0 aliphatic rings. The maximum Gasteiger partial charge on any atom is 0.307 e. The van der Waals surface area contributed by atoms with Crippen LogP contribution in [-0.2, 0) is 32.3 Å². The number of benzene rings is 2. The lowest BCUT2D eigenvalue weighted by Gasteiger charge is -2.22. The van der Waals surface area contributed by atoms with E-state index in [0.717, 1.165) is 61.5 Å². The molecule has 0 atom stereocenters. The van der Waals surface area contributed by atoms with Gasteiger partial charge in [0.25, 0.3) is 0 Å². The zero-order valence-electron chi connectivity index (χ0n) is 32.5. The number of hydrogen-bond acceptors (Lipinski definition) is 6. The summed E-state index contributed by atoms with van der Waals surface area (Å²) < 4.78 is 11.4. The standard InChI is InChI=1S/C44H72N2O4/c1-5-9-13-15-19-31-45(29-17-11-7-3)33-27-43(47)49-37-39-23-21-25-41(35-39)42-26-22-24-40(36-42)38-50-44(48)28-34-46(30-18-12-8-4)32-20-16-14-10-6-2/h21-26,35-36H,5-20,27-34,37-38H2,1-4H3. The molecule has 0 aliphatic heterocycles. The molecular formula is C44H72N2O4. The van der Waals surface area contributed by atoms with Crippen molar-refractivity contribution in [2.24, 2.45) is 0 Å². The van der Waals surface area contributed by atoms with E-state index in [1.807, 2.05) is 24.3 Å². The molecule has 6 nitrogen and oxygen atoms in total. The molecule has 0 fully saturated rings. The van der Waals surface area contributed by atoms with Gasteiger partial charge in [-0.25, -0.2) is 0 Å². The summed E-state index contributed by atoms with van der Waals surface area (Å²) in [5, 5.41) is 0. The molecule has 0 unspecified atom stereocenters. The molecule has 0 N–H and O–H groups in total. The second-order valence-corrected chi connectivity index (χ2v) is 14.1. The Morgan fingerprint density at radius 3 is 1.18 bits per heavy atom. The smallest absolute Gasteiger partial charge is 0.307 e. The van der Waals surface area contributed by atoms with Crippen molar-refractivity contribution in [3.8, 4) is 11.1 Å². The maximum absolute atomic E-state index is 12.7. The third kappa shape index (κ3) is 20.8. The van der Waals surface area contributed by atoms with E-state index in [9.17, 15) is 9.59 Å². The third-order valence-corrected chi connectivity index (χ3v) is 9.56. The molecule has 2 aromatic carbocycles. The third-order valence-electron chi connectivity index (χ3n) is 9.56. The van der Waals surface area contributed by atoms with Crippen LogP contribution in [0.1, 0.15) is 154 Å². The molecule has 0 saturated heterocycles. The second-order valence-electron chi connectivity index (χ2n) is 14.1. The molecule has 0 aromatic heterocycles. The van der Waals surface area contributed by atoms with E-state index in [1.165, 1.54) is 103 Å². The molecule has 0 heterocycles. The highest BCUT2D eigenvalue weighted by Gasteiger charge is 2.12. The van der Waals surface area contributed by atoms with Gasteiger partial charge < -0.3 is 19.3 Å². The molecule has 0 radical (unpaired) electrons. The van der Waals surface area contributed by atoms with Gasteiger partial charge in [-0.1, -0.05) is 141 Å². The van der Waals surface area contributed by atoms with E-state index in [2.05, 4.69) is 61.8 Å². The predicted octanol–water partition coefficient (Wildman–Crippen LogP) is 11.1. The zero-order chi connectivity index (χ0) is 36.1. The highest BCUT2D eigenvalue weighted by molar-refractivity contribution is 5.70. The Morgan fingerprint density at radius 2 is 0.800 bits per heavy atom. The molecular weight excluding hydrogens is 620 g/mol. The van der Waals surface area contributed by atoms with Crippen LogP contribution in [0.15, 0.2) is 48.5 Å². The van der Waals surface area contributed by atoms with Crippen LogP contribution >= 0.6 is 0 Å². The van der Waals surface area contributed by atoms with Gasteiger partial charge in [-0.2, -0.15) is 0 Å². The Bertz CT molecular complexity index is 1060. The van der Waals surface area contributed by atoms with Crippen molar-refractivity contribution in [2.45, 2.75) is 156 Å². The van der Waals surface area contributed by atoms with Gasteiger partial charge in [0.15, 0.2) is 0 Å². The fourth-order valence-electron chi connectivity index (χ4n) is 6.37. The average molecular weight is 693 g/mol. The summed E-state index contributed by atoms with van der Waals surface area (Å²) >= 11 is 0. The van der Waals surface area contributed by atoms with Gasteiger partial charge in [-0.15, -0.1) is 0 Å². The summed E-state index contributed by atoms with van der Waals surface area (Å²) in [5.41, 5.74) is 4.05. The van der Waals surface area contributed by atoms with Gasteiger partial charge in [0.2, 0.25) is 0 Å². The Balaban J connectivity index is 1.83. The Labute approximate surface area is 306 Å². The zero-order valence-corrected chi connectivity index (χ0v) is 32.5. The Morgan fingerprint density at radius 1 is 0.460 bits per heavy atom. The van der Waals surface area contributed by atoms with Gasteiger partial charge in [0.05, 0.1) is 12.8 Å². The molecule has 0 aliphatic carbocycles. The minimum absolute atomic E-state index is 0.137. The van der Waals surface area contributed by atoms with Crippen LogP contribution in [0.3, 0.4) is 0 Å². The first-order chi connectivity index (χ1) is 24.5. The van der Waals surface area contributed by atoms with Crippen LogP contribution < -0.4 is 0 Å². The monoisotopic (exact) mass is 693 g/mol. The number of ether oxygens (including phenoxy) is 2. The number of hydrogen-bond donors (Lipinski definition) is 0. The summed E-state index contributed by atoms with van der Waals surface area (Å²) in [6.45, 7) is 15.3. The summed E-state index contributed by atoms with van der Waals surface area (Å²) in [7, 11) is 0. The van der Waals surface area contributed by atoms with Crippen molar-refractivity contribution < 1.29 is 19.1 Å². The number of esters is 2. The molecule has 50 heavy (non-hydrogen) atoms. The van der Waals surface area contributed by atoms with Gasteiger partial charge in [0.1, 0.15) is 13.2 Å². The van der Waals surface area contributed by atoms with Gasteiger partial charge >= 0.3 is 11.9 Å². The Kier molecular flexibility index (Phi) is 25.2. The van der Waals surface area contributed by atoms with Gasteiger partial charge in [-0.05, 0) is 86.2 Å². The molecule has 2 aromatic rings. The quantitative estimate of drug-likeness (QED) is 0.0579. The molecule has 0 spiro atoms. The van der Waals surface area contributed by atoms with Crippen LogP contribution in [0, 0.1) is 0 Å². The lowest BCUT2D eigenvalue weighted by molar-refractivity contribution is -0.146. The van der Waals surface area contributed by atoms with Crippen molar-refractivity contribution in [3.05, 3.63) is 59.7 Å². The van der Waals surface area contributed by atoms with E-state index in [4.69, 9.17) is 9.47 Å². The first-order valence-corrected chi connectivity index (χ1v) is 20.4. The number of carbonyl (C=O) groups excluding carboxylic acids is 2. The Hall–Kier alpha value is -2.70. The lowest BCUT2D eigenvalue weighted by atomic mass is 10.0. The largest absolute Gasteiger partial charge is 0.461 e. The summed E-state index contributed by atoms with van der Waals surface area (Å²) in [4.78, 5) is 30.4. The van der Waals surface area contributed by atoms with Crippen molar-refractivity contribution in [2.75, 3.05) is 39.3 Å². The van der Waals surface area contributed by atoms with Gasteiger partial charge in [0, 0.05) is 13.1 Å². The first-order valence-electron chi connectivity index (χ1n) is 20.4. The van der Waals surface area contributed by atoms with Crippen LogP contribution in [0.5, 0.6) is 0 Å². The molecule has 0 saturated carbocycles. The molecule has 0 amide bonds. The number of rotatable bonds is 31. The van der Waals surface area contributed by atoms with Crippen LogP contribution in [0.4, 0.5) is 0 Å². The molecule has 0 bridgehead atoms. The predicted molar refractivity (Wildman–Crippen MR) is 210 cm³/mol. The normalized spacial score (nSPS) is 11.4. The molecule has 2 rings (SSSR count). The minimum atomic E-state index is -0.137. The highest BCUT2D eigenvalue weighted by Crippen LogP contribution is 2.23. The van der Waals surface area contributed by atoms with Crippen LogP contribution in [-0.4, -0.2) is 61.0 Å². The topological polar surface area (TPSA) is 59.1 Å². The summed E-state index contributed by atoms with van der Waals surface area (Å²) in [5.74, 6) is -0.275. The van der Waals surface area contributed by atoms with E-state index in [0.29, 0.717) is 12.8 Å². The summed E-state index contributed by atoms with van der Waals surface area (Å²) in [6, 6.07) is 16.3. The van der Waals surface area contributed by atoms with Crippen molar-refractivity contribution in [3.63, 3.8) is 0 Å². The fraction of sp³-hybridized carbons (Fsp3) is 0.682. The van der Waals surface area contributed by atoms with E-state index >= 15 is 0 Å². The molecule has 6 heteroatoms. The van der Waals surface area contributed by atoms with Crippen molar-refractivity contribution in [1.29, 1.82) is 0 Å². The number of nitrogens with zero attached hydrogens (tertiary/aromatic N) is 2. The minimum Gasteiger partial charge on any atom is -0.461 e. The first kappa shape index (κ1) is 43.5. The van der Waals surface area contributed by atoms with Crippen LogP contribution in [0.2, 0.25) is 0 Å².